The molecule has 128 valence electrons. The number of aromatic carboxylic acids is 1. The Hall–Kier alpha value is -1.96. The van der Waals surface area contributed by atoms with Gasteiger partial charge in [-0.15, -0.1) is 0 Å². The van der Waals surface area contributed by atoms with Crippen LogP contribution in [0.3, 0.4) is 0 Å². The molecule has 2 N–H and O–H groups in total. The van der Waals surface area contributed by atoms with Gasteiger partial charge in [0.25, 0.3) is 0 Å². The molecule has 1 heterocycles. The number of fused-ring (bicyclic) bond motifs is 1. The van der Waals surface area contributed by atoms with E-state index in [9.17, 15) is 18.3 Å². The van der Waals surface area contributed by atoms with Crippen LogP contribution in [-0.4, -0.2) is 39.3 Å². The van der Waals surface area contributed by atoms with Crippen molar-refractivity contribution in [3.8, 4) is 0 Å². The molecule has 0 saturated carbocycles. The molecule has 0 spiro atoms. The minimum atomic E-state index is -3.75. The fourth-order valence-corrected chi connectivity index (χ4v) is 4.32. The molecule has 6 nitrogen and oxygen atoms in total. The van der Waals surface area contributed by atoms with Gasteiger partial charge in [-0.25, -0.2) is 17.9 Å². The third-order valence-corrected chi connectivity index (χ3v) is 5.85. The largest absolute Gasteiger partial charge is 0.478 e. The third-order valence-electron chi connectivity index (χ3n) is 4.39. The molecule has 3 rings (SSSR count). The van der Waals surface area contributed by atoms with E-state index in [0.717, 1.165) is 6.42 Å². The van der Waals surface area contributed by atoms with Gasteiger partial charge in [0.15, 0.2) is 0 Å². The third kappa shape index (κ3) is 3.15. The van der Waals surface area contributed by atoms with Crippen molar-refractivity contribution in [3.63, 3.8) is 0 Å². The van der Waals surface area contributed by atoms with E-state index >= 15 is 0 Å². The van der Waals surface area contributed by atoms with Crippen molar-refractivity contribution in [2.24, 2.45) is 5.41 Å². The number of carboxylic acids is 1. The Bertz CT molecular complexity index is 885. The summed E-state index contributed by atoms with van der Waals surface area (Å²) in [5.41, 5.74) is -0.134. The van der Waals surface area contributed by atoms with Gasteiger partial charge in [-0.3, -0.25) is 0 Å². The van der Waals surface area contributed by atoms with Gasteiger partial charge in [-0.05, 0) is 23.9 Å². The van der Waals surface area contributed by atoms with Crippen molar-refractivity contribution in [1.29, 1.82) is 0 Å². The summed E-state index contributed by atoms with van der Waals surface area (Å²) in [5, 5.41) is 10.1. The smallest absolute Gasteiger partial charge is 0.336 e. The van der Waals surface area contributed by atoms with E-state index in [4.69, 9.17) is 4.74 Å². The fourth-order valence-electron chi connectivity index (χ4n) is 2.90. The van der Waals surface area contributed by atoms with Gasteiger partial charge in [0.05, 0.1) is 17.1 Å². The predicted octanol–water partition coefficient (Wildman–Crippen LogP) is 2.24. The summed E-state index contributed by atoms with van der Waals surface area (Å²) in [5.74, 6) is -1.08. The Morgan fingerprint density at radius 1 is 1.25 bits per heavy atom. The topological polar surface area (TPSA) is 92.7 Å². The summed E-state index contributed by atoms with van der Waals surface area (Å²) in [6.07, 6.45) is 0.800. The molecular formula is C17H19NO5S. The number of carbonyl (C=O) groups is 1. The molecule has 0 radical (unpaired) electrons. The van der Waals surface area contributed by atoms with Gasteiger partial charge in [0, 0.05) is 24.0 Å². The molecule has 1 aliphatic rings. The second kappa shape index (κ2) is 6.16. The zero-order valence-electron chi connectivity index (χ0n) is 13.3. The molecule has 1 unspecified atom stereocenters. The Balaban J connectivity index is 1.99. The number of hydrogen-bond acceptors (Lipinski definition) is 4. The van der Waals surface area contributed by atoms with Crippen LogP contribution >= 0.6 is 0 Å². The number of hydrogen-bond donors (Lipinski definition) is 2. The molecule has 0 bridgehead atoms. The summed E-state index contributed by atoms with van der Waals surface area (Å²) in [4.78, 5) is 11.4. The van der Waals surface area contributed by atoms with Crippen LogP contribution in [0.4, 0.5) is 0 Å². The lowest BCUT2D eigenvalue weighted by atomic mass is 9.91. The Kier molecular flexibility index (Phi) is 4.33. The van der Waals surface area contributed by atoms with Crippen molar-refractivity contribution in [1.82, 2.24) is 4.72 Å². The van der Waals surface area contributed by atoms with Crippen LogP contribution in [-0.2, 0) is 14.8 Å². The number of benzene rings is 2. The van der Waals surface area contributed by atoms with Crippen LogP contribution in [0.15, 0.2) is 41.3 Å². The Labute approximate surface area is 140 Å². The van der Waals surface area contributed by atoms with E-state index < -0.39 is 16.0 Å². The van der Waals surface area contributed by atoms with Crippen LogP contribution in [0.2, 0.25) is 0 Å². The maximum atomic E-state index is 12.7. The van der Waals surface area contributed by atoms with Crippen LogP contribution in [0.1, 0.15) is 23.7 Å². The van der Waals surface area contributed by atoms with E-state index in [2.05, 4.69) is 4.72 Å². The van der Waals surface area contributed by atoms with E-state index in [1.165, 1.54) is 12.1 Å². The molecule has 0 amide bonds. The first kappa shape index (κ1) is 16.9. The van der Waals surface area contributed by atoms with Crippen LogP contribution in [0.5, 0.6) is 0 Å². The van der Waals surface area contributed by atoms with E-state index in [0.29, 0.717) is 24.0 Å². The molecule has 24 heavy (non-hydrogen) atoms. The zero-order valence-corrected chi connectivity index (χ0v) is 14.1. The number of rotatable bonds is 5. The maximum absolute atomic E-state index is 12.7. The minimum absolute atomic E-state index is 0.0840. The predicted molar refractivity (Wildman–Crippen MR) is 89.6 cm³/mol. The van der Waals surface area contributed by atoms with Gasteiger partial charge >= 0.3 is 5.97 Å². The second-order valence-corrected chi connectivity index (χ2v) is 8.14. The fraction of sp³-hybridized carbons (Fsp3) is 0.353. The van der Waals surface area contributed by atoms with E-state index in [1.807, 2.05) is 6.92 Å². The molecule has 1 saturated heterocycles. The summed E-state index contributed by atoms with van der Waals surface area (Å²) < 4.78 is 33.4. The molecule has 0 aliphatic carbocycles. The lowest BCUT2D eigenvalue weighted by molar-refractivity contribution is 0.0699. The van der Waals surface area contributed by atoms with Gasteiger partial charge in [-0.2, -0.15) is 0 Å². The van der Waals surface area contributed by atoms with Gasteiger partial charge < -0.3 is 9.84 Å². The average Bonchev–Trinajstić information content (AvgIpc) is 2.99. The number of nitrogens with one attached hydrogen (secondary N) is 1. The standard InChI is InChI=1S/C17H19NO5S/c1-17(8-9-23-11-17)10-18-24(21,22)15-7-3-4-12-13(15)5-2-6-14(12)16(19)20/h2-7,18H,8-11H2,1H3,(H,19,20). The van der Waals surface area contributed by atoms with Crippen molar-refractivity contribution >= 4 is 26.8 Å². The molecule has 1 fully saturated rings. The SMILES string of the molecule is CC1(CNS(=O)(=O)c2cccc3c(C(=O)O)cccc23)CCOC1. The monoisotopic (exact) mass is 349 g/mol. The summed E-state index contributed by atoms with van der Waals surface area (Å²) >= 11 is 0. The molecule has 7 heteroatoms. The second-order valence-electron chi connectivity index (χ2n) is 6.40. The number of ether oxygens (including phenoxy) is 1. The van der Waals surface area contributed by atoms with Gasteiger partial charge in [0.1, 0.15) is 0 Å². The molecule has 2 aromatic carbocycles. The Morgan fingerprint density at radius 2 is 1.96 bits per heavy atom. The quantitative estimate of drug-likeness (QED) is 0.864. The molecule has 1 aliphatic heterocycles. The first-order valence-corrected chi connectivity index (χ1v) is 9.13. The average molecular weight is 349 g/mol. The highest BCUT2D eigenvalue weighted by atomic mass is 32.2. The van der Waals surface area contributed by atoms with Crippen LogP contribution in [0.25, 0.3) is 10.8 Å². The molecular weight excluding hydrogens is 330 g/mol. The minimum Gasteiger partial charge on any atom is -0.478 e. The van der Waals surface area contributed by atoms with Crippen molar-refractivity contribution in [2.75, 3.05) is 19.8 Å². The van der Waals surface area contributed by atoms with Crippen LogP contribution < -0.4 is 4.72 Å². The highest BCUT2D eigenvalue weighted by Gasteiger charge is 2.31. The van der Waals surface area contributed by atoms with Gasteiger partial charge in [-0.1, -0.05) is 31.2 Å². The molecule has 1 atom stereocenters. The van der Waals surface area contributed by atoms with Gasteiger partial charge in [0.2, 0.25) is 10.0 Å². The highest BCUT2D eigenvalue weighted by Crippen LogP contribution is 2.29. The first-order chi connectivity index (χ1) is 11.3. The summed E-state index contributed by atoms with van der Waals surface area (Å²) in [6, 6.07) is 9.30. The molecule has 2 aromatic rings. The molecule has 0 aromatic heterocycles. The maximum Gasteiger partial charge on any atom is 0.336 e. The first-order valence-electron chi connectivity index (χ1n) is 7.65. The number of carboxylic acid groups (broad SMARTS) is 1. The van der Waals surface area contributed by atoms with E-state index in [-0.39, 0.29) is 22.4 Å². The summed E-state index contributed by atoms with van der Waals surface area (Å²) in [7, 11) is -3.75. The lowest BCUT2D eigenvalue weighted by Crippen LogP contribution is -2.36. The van der Waals surface area contributed by atoms with E-state index in [1.54, 1.807) is 24.3 Å². The van der Waals surface area contributed by atoms with Crippen molar-refractivity contribution in [3.05, 3.63) is 42.0 Å². The Morgan fingerprint density at radius 3 is 2.62 bits per heavy atom. The zero-order chi connectivity index (χ0) is 17.4. The van der Waals surface area contributed by atoms with Crippen molar-refractivity contribution in [2.45, 2.75) is 18.2 Å². The highest BCUT2D eigenvalue weighted by molar-refractivity contribution is 7.89. The number of sulfonamides is 1. The normalized spacial score (nSPS) is 21.2. The summed E-state index contributed by atoms with van der Waals surface area (Å²) in [6.45, 7) is 3.42. The lowest BCUT2D eigenvalue weighted by Gasteiger charge is -2.22. The van der Waals surface area contributed by atoms with Crippen LogP contribution in [0, 0.1) is 5.41 Å². The van der Waals surface area contributed by atoms with Crippen molar-refractivity contribution < 1.29 is 23.1 Å².